The van der Waals surface area contributed by atoms with E-state index in [-0.39, 0.29) is 23.8 Å². The Kier molecular flexibility index (Phi) is 5.82. The van der Waals surface area contributed by atoms with Crippen LogP contribution < -0.4 is 4.74 Å². The Balaban J connectivity index is 1.18. The molecule has 2 fully saturated rings. The molecule has 8 heteroatoms. The number of imide groups is 1. The van der Waals surface area contributed by atoms with E-state index in [1.165, 1.54) is 5.01 Å². The van der Waals surface area contributed by atoms with Gasteiger partial charge in [-0.1, -0.05) is 56.3 Å². The van der Waals surface area contributed by atoms with Crippen molar-refractivity contribution in [2.24, 2.45) is 17.3 Å². The first-order valence-electron chi connectivity index (χ1n) is 13.3. The molecular weight excluding hydrogens is 506 g/mol. The third-order valence-electron chi connectivity index (χ3n) is 8.49. The summed E-state index contributed by atoms with van der Waals surface area (Å²) < 4.78 is 11.6. The average molecular weight is 536 g/mol. The molecule has 0 N–H and O–H groups in total. The zero-order chi connectivity index (χ0) is 28.4. The number of fused-ring (bicyclic) bond motifs is 1. The van der Waals surface area contributed by atoms with E-state index in [4.69, 9.17) is 9.47 Å². The summed E-state index contributed by atoms with van der Waals surface area (Å²) in [4.78, 5) is 39.8. The largest absolute Gasteiger partial charge is 0.457 e. The van der Waals surface area contributed by atoms with Crippen LogP contribution in [0.1, 0.15) is 60.1 Å². The van der Waals surface area contributed by atoms with Crippen LogP contribution in [0.2, 0.25) is 0 Å². The highest BCUT2D eigenvalue weighted by Gasteiger charge is 2.77. The molecule has 1 saturated carbocycles. The Morgan fingerprint density at radius 2 is 1.48 bits per heavy atom. The minimum atomic E-state index is -1.11. The second kappa shape index (κ2) is 9.04. The molecule has 1 aliphatic carbocycles. The number of benzene rings is 3. The predicted octanol–water partition coefficient (Wildman–Crippen LogP) is 5.53. The third kappa shape index (κ3) is 3.97. The molecule has 1 saturated heterocycles. The van der Waals surface area contributed by atoms with Crippen molar-refractivity contribution in [3.63, 3.8) is 0 Å². The van der Waals surface area contributed by atoms with Gasteiger partial charge in [-0.15, -0.1) is 0 Å². The van der Waals surface area contributed by atoms with Crippen molar-refractivity contribution in [1.29, 1.82) is 5.26 Å². The van der Waals surface area contributed by atoms with Gasteiger partial charge >= 0.3 is 5.97 Å². The number of hydrogen-bond donors (Lipinski definition) is 0. The van der Waals surface area contributed by atoms with Crippen LogP contribution in [-0.4, -0.2) is 39.4 Å². The van der Waals surface area contributed by atoms with E-state index < -0.39 is 28.9 Å². The summed E-state index contributed by atoms with van der Waals surface area (Å²) in [6.07, 6.45) is -1.11. The molecule has 0 bridgehead atoms. The third-order valence-corrected chi connectivity index (χ3v) is 8.49. The van der Waals surface area contributed by atoms with Crippen LogP contribution in [-0.2, 0) is 9.53 Å². The lowest BCUT2D eigenvalue weighted by Gasteiger charge is -2.18. The van der Waals surface area contributed by atoms with Gasteiger partial charge in [0.15, 0.2) is 0 Å². The second-order valence-electron chi connectivity index (χ2n) is 11.7. The lowest BCUT2D eigenvalue weighted by atomic mass is 10.0. The van der Waals surface area contributed by atoms with Crippen LogP contribution in [0, 0.1) is 28.6 Å². The van der Waals surface area contributed by atoms with Crippen LogP contribution in [0.15, 0.2) is 78.9 Å². The number of para-hydroxylation sites is 1. The molecule has 1 unspecified atom stereocenters. The lowest BCUT2D eigenvalue weighted by Crippen LogP contribution is -2.38. The van der Waals surface area contributed by atoms with Crippen molar-refractivity contribution in [3.8, 4) is 17.6 Å². The summed E-state index contributed by atoms with van der Waals surface area (Å²) in [5.41, 5.74) is 0.330. The fourth-order valence-electron chi connectivity index (χ4n) is 6.28. The Morgan fingerprint density at radius 3 is 2.10 bits per heavy atom. The second-order valence-corrected chi connectivity index (χ2v) is 11.7. The summed E-state index contributed by atoms with van der Waals surface area (Å²) in [5, 5.41) is 12.9. The fourth-order valence-corrected chi connectivity index (χ4v) is 6.28. The quantitative estimate of drug-likeness (QED) is 0.223. The number of nitrogens with zero attached hydrogens (tertiary/aromatic N) is 3. The maximum Gasteiger partial charge on any atom is 0.311 e. The van der Waals surface area contributed by atoms with Crippen molar-refractivity contribution in [2.45, 2.75) is 45.4 Å². The fraction of sp³-hybridized carbons (Fsp3) is 0.312. The number of ether oxygens (including phenoxy) is 2. The molecular formula is C32H29N3O5. The monoisotopic (exact) mass is 535 g/mol. The molecule has 3 aromatic carbocycles. The molecule has 2 aliphatic heterocycles. The summed E-state index contributed by atoms with van der Waals surface area (Å²) in [7, 11) is 0. The number of amides is 2. The Hall–Kier alpha value is -4.48. The van der Waals surface area contributed by atoms with Gasteiger partial charge in [-0.2, -0.15) is 10.3 Å². The van der Waals surface area contributed by atoms with Gasteiger partial charge < -0.3 is 9.47 Å². The highest BCUT2D eigenvalue weighted by Crippen LogP contribution is 2.68. The van der Waals surface area contributed by atoms with E-state index in [0.29, 0.717) is 28.2 Å². The molecule has 0 aromatic heterocycles. The molecule has 40 heavy (non-hydrogen) atoms. The normalized spacial score (nSPS) is 25.9. The van der Waals surface area contributed by atoms with Gasteiger partial charge in [0.25, 0.3) is 11.8 Å². The summed E-state index contributed by atoms with van der Waals surface area (Å²) in [5.74, 6) is -0.640. The van der Waals surface area contributed by atoms with Crippen LogP contribution in [0.25, 0.3) is 0 Å². The van der Waals surface area contributed by atoms with Gasteiger partial charge in [-0.25, -0.2) is 5.01 Å². The Morgan fingerprint density at radius 1 is 0.875 bits per heavy atom. The van der Waals surface area contributed by atoms with Crippen molar-refractivity contribution >= 4 is 17.8 Å². The van der Waals surface area contributed by atoms with Gasteiger partial charge in [0.2, 0.25) is 6.10 Å². The predicted molar refractivity (Wildman–Crippen MR) is 145 cm³/mol. The molecule has 5 atom stereocenters. The van der Waals surface area contributed by atoms with Crippen molar-refractivity contribution in [1.82, 2.24) is 10.0 Å². The average Bonchev–Trinajstić information content (AvgIpc) is 3.67. The molecule has 8 nitrogen and oxygen atoms in total. The van der Waals surface area contributed by atoms with Gasteiger partial charge in [0.1, 0.15) is 17.6 Å². The van der Waals surface area contributed by atoms with E-state index in [9.17, 15) is 19.6 Å². The lowest BCUT2D eigenvalue weighted by molar-refractivity contribution is -0.149. The minimum absolute atomic E-state index is 0.161. The number of carbonyl (C=O) groups is 3. The molecule has 6 rings (SSSR count). The number of rotatable bonds is 7. The molecule has 0 spiro atoms. The molecule has 3 aliphatic rings. The Labute approximate surface area is 232 Å². The van der Waals surface area contributed by atoms with Gasteiger partial charge in [-0.05, 0) is 61.6 Å². The highest BCUT2D eigenvalue weighted by atomic mass is 16.5. The summed E-state index contributed by atoms with van der Waals surface area (Å²) in [6.45, 7) is 7.89. The topological polar surface area (TPSA) is 99.7 Å². The van der Waals surface area contributed by atoms with E-state index >= 15 is 0 Å². The molecule has 3 aromatic rings. The molecule has 202 valence electrons. The van der Waals surface area contributed by atoms with Crippen molar-refractivity contribution < 1.29 is 23.9 Å². The molecule has 2 heterocycles. The number of nitriles is 1. The van der Waals surface area contributed by atoms with Crippen LogP contribution >= 0.6 is 0 Å². The van der Waals surface area contributed by atoms with Gasteiger partial charge in [0.05, 0.1) is 28.6 Å². The standard InChI is InChI=1S/C32H29N3O5/c1-31(2)25(27-32(3,4)35(27)34-28(36)22-15-8-9-16-23(22)29(34)37)26(31)30(38)40-24(18-33)19-11-10-14-21(17-19)39-20-12-6-5-7-13-20/h5-17,24-27H,1-4H3/t24-,25-,26+,27+,35?/m1/s1. The van der Waals surface area contributed by atoms with Gasteiger partial charge in [-0.3, -0.25) is 14.4 Å². The van der Waals surface area contributed by atoms with E-state index in [1.807, 2.05) is 58.0 Å². The van der Waals surface area contributed by atoms with E-state index in [2.05, 4.69) is 6.07 Å². The minimum Gasteiger partial charge on any atom is -0.457 e. The van der Waals surface area contributed by atoms with Crippen molar-refractivity contribution in [2.75, 3.05) is 0 Å². The van der Waals surface area contributed by atoms with Crippen LogP contribution in [0.3, 0.4) is 0 Å². The van der Waals surface area contributed by atoms with E-state index in [1.54, 1.807) is 53.5 Å². The van der Waals surface area contributed by atoms with Gasteiger partial charge in [0, 0.05) is 5.56 Å². The zero-order valence-corrected chi connectivity index (χ0v) is 22.7. The number of esters is 1. The number of hydrazine groups is 1. The maximum absolute atomic E-state index is 13.5. The number of hydrogen-bond acceptors (Lipinski definition) is 7. The highest BCUT2D eigenvalue weighted by molar-refractivity contribution is 6.21. The molecule has 2 amide bonds. The summed E-state index contributed by atoms with van der Waals surface area (Å²) in [6, 6.07) is 24.9. The number of carbonyl (C=O) groups excluding carboxylic acids is 3. The van der Waals surface area contributed by atoms with Crippen LogP contribution in [0.5, 0.6) is 11.5 Å². The molecule has 0 radical (unpaired) electrons. The Bertz CT molecular complexity index is 1540. The summed E-state index contributed by atoms with van der Waals surface area (Å²) >= 11 is 0. The first-order chi connectivity index (χ1) is 19.1. The van der Waals surface area contributed by atoms with Crippen molar-refractivity contribution in [3.05, 3.63) is 95.6 Å². The SMILES string of the molecule is CC1(C)[C@@H]([C@@H]2N(N3C(=O)c4ccccc4C3=O)C2(C)C)[C@H]1C(=O)O[C@H](C#N)c1cccc(Oc2ccccc2)c1. The van der Waals surface area contributed by atoms with E-state index in [0.717, 1.165) is 0 Å². The maximum atomic E-state index is 13.5. The van der Waals surface area contributed by atoms with Crippen LogP contribution in [0.4, 0.5) is 0 Å². The smallest absolute Gasteiger partial charge is 0.311 e. The first kappa shape index (κ1) is 25.8. The first-order valence-corrected chi connectivity index (χ1v) is 13.3. The zero-order valence-electron chi connectivity index (χ0n) is 22.7.